The van der Waals surface area contributed by atoms with Gasteiger partial charge >= 0.3 is 0 Å². The van der Waals surface area contributed by atoms with Crippen molar-refractivity contribution in [2.24, 2.45) is 11.7 Å². The van der Waals surface area contributed by atoms with Gasteiger partial charge < -0.3 is 10.6 Å². The van der Waals surface area contributed by atoms with Crippen LogP contribution in [0.1, 0.15) is 40.0 Å². The zero-order valence-corrected chi connectivity index (χ0v) is 11.8. The van der Waals surface area contributed by atoms with Gasteiger partial charge in [0.2, 0.25) is 0 Å². The summed E-state index contributed by atoms with van der Waals surface area (Å²) in [6.45, 7) is 13.2. The van der Waals surface area contributed by atoms with E-state index in [1.807, 2.05) is 0 Å². The molecular weight excluding hydrogens is 210 g/mol. The van der Waals surface area contributed by atoms with Gasteiger partial charge in [0, 0.05) is 44.3 Å². The molecule has 2 atom stereocenters. The van der Waals surface area contributed by atoms with Gasteiger partial charge in [0.1, 0.15) is 0 Å². The van der Waals surface area contributed by atoms with E-state index in [2.05, 4.69) is 30.6 Å². The van der Waals surface area contributed by atoms with Gasteiger partial charge in [-0.1, -0.05) is 0 Å². The highest BCUT2D eigenvalue weighted by molar-refractivity contribution is 4.85. The quantitative estimate of drug-likeness (QED) is 0.793. The molecule has 1 aliphatic heterocycles. The number of hydrogen-bond acceptors (Lipinski definition) is 3. The molecule has 2 aliphatic rings. The fourth-order valence-electron chi connectivity index (χ4n) is 3.25. The lowest BCUT2D eigenvalue weighted by Gasteiger charge is -2.42. The van der Waals surface area contributed by atoms with E-state index in [-0.39, 0.29) is 0 Å². The van der Waals surface area contributed by atoms with Gasteiger partial charge in [0.15, 0.2) is 0 Å². The van der Waals surface area contributed by atoms with Gasteiger partial charge in [-0.3, -0.25) is 4.90 Å². The lowest BCUT2D eigenvalue weighted by molar-refractivity contribution is 0.0556. The third kappa shape index (κ3) is 3.67. The van der Waals surface area contributed by atoms with E-state index in [1.165, 1.54) is 52.0 Å². The summed E-state index contributed by atoms with van der Waals surface area (Å²) >= 11 is 0. The molecule has 1 heterocycles. The van der Waals surface area contributed by atoms with Crippen molar-refractivity contribution in [3.8, 4) is 0 Å². The van der Waals surface area contributed by atoms with Gasteiger partial charge in [-0.25, -0.2) is 0 Å². The zero-order valence-electron chi connectivity index (χ0n) is 11.8. The fraction of sp³-hybridized carbons (Fsp3) is 1.00. The average molecular weight is 239 g/mol. The Balaban J connectivity index is 1.72. The first kappa shape index (κ1) is 13.3. The Morgan fingerprint density at radius 1 is 1.06 bits per heavy atom. The Bertz CT molecular complexity index is 238. The van der Waals surface area contributed by atoms with Crippen LogP contribution in [0.4, 0.5) is 0 Å². The molecule has 3 nitrogen and oxygen atoms in total. The van der Waals surface area contributed by atoms with E-state index in [4.69, 9.17) is 5.73 Å². The first-order valence-electron chi connectivity index (χ1n) is 7.18. The predicted octanol–water partition coefficient (Wildman–Crippen LogP) is 1.53. The van der Waals surface area contributed by atoms with Crippen molar-refractivity contribution in [3.63, 3.8) is 0 Å². The Morgan fingerprint density at radius 2 is 1.71 bits per heavy atom. The van der Waals surface area contributed by atoms with Crippen molar-refractivity contribution in [2.45, 2.75) is 51.6 Å². The second-order valence-electron chi connectivity index (χ2n) is 6.90. The molecule has 2 fully saturated rings. The molecule has 0 amide bonds. The minimum Gasteiger partial charge on any atom is -0.328 e. The van der Waals surface area contributed by atoms with Crippen LogP contribution >= 0.6 is 0 Å². The van der Waals surface area contributed by atoms with Crippen LogP contribution in [-0.2, 0) is 0 Å². The summed E-state index contributed by atoms with van der Waals surface area (Å²) in [5.41, 5.74) is 6.32. The van der Waals surface area contributed by atoms with Crippen molar-refractivity contribution in [1.29, 1.82) is 0 Å². The summed E-state index contributed by atoms with van der Waals surface area (Å²) in [5, 5.41) is 0. The molecule has 1 saturated carbocycles. The molecule has 0 aromatic rings. The van der Waals surface area contributed by atoms with Gasteiger partial charge in [-0.15, -0.1) is 0 Å². The molecule has 2 N–H and O–H groups in total. The second kappa shape index (κ2) is 5.25. The number of hydrogen-bond donors (Lipinski definition) is 1. The number of nitrogens with two attached hydrogens (primary N) is 1. The van der Waals surface area contributed by atoms with Crippen molar-refractivity contribution < 1.29 is 0 Å². The van der Waals surface area contributed by atoms with Crippen molar-refractivity contribution >= 4 is 0 Å². The van der Waals surface area contributed by atoms with E-state index in [0.29, 0.717) is 11.6 Å². The molecule has 2 rings (SSSR count). The highest BCUT2D eigenvalue weighted by atomic mass is 15.3. The predicted molar refractivity (Wildman–Crippen MR) is 73.1 cm³/mol. The molecule has 100 valence electrons. The summed E-state index contributed by atoms with van der Waals surface area (Å²) in [6.07, 6.45) is 3.84. The lowest BCUT2D eigenvalue weighted by Crippen LogP contribution is -2.54. The highest BCUT2D eigenvalue weighted by Crippen LogP contribution is 2.25. The number of piperazine rings is 1. The summed E-state index contributed by atoms with van der Waals surface area (Å²) < 4.78 is 0. The minimum absolute atomic E-state index is 0.335. The van der Waals surface area contributed by atoms with Crippen LogP contribution in [-0.4, -0.2) is 54.1 Å². The first-order valence-corrected chi connectivity index (χ1v) is 7.18. The first-order chi connectivity index (χ1) is 7.95. The zero-order chi connectivity index (χ0) is 12.5. The standard InChI is InChI=1S/C14H29N3/c1-14(2,3)17-8-6-16(7-9-17)11-12-4-5-13(15)10-12/h12-13H,4-11,15H2,1-3H3. The summed E-state index contributed by atoms with van der Waals surface area (Å²) in [4.78, 5) is 5.24. The normalized spacial score (nSPS) is 33.2. The maximum absolute atomic E-state index is 5.98. The van der Waals surface area contributed by atoms with Crippen LogP contribution in [0, 0.1) is 5.92 Å². The van der Waals surface area contributed by atoms with E-state index in [0.717, 1.165) is 5.92 Å². The molecule has 0 aromatic carbocycles. The molecule has 17 heavy (non-hydrogen) atoms. The second-order valence-corrected chi connectivity index (χ2v) is 6.90. The van der Waals surface area contributed by atoms with Crippen LogP contribution < -0.4 is 5.73 Å². The molecule has 1 aliphatic carbocycles. The lowest BCUT2D eigenvalue weighted by atomic mass is 10.0. The smallest absolute Gasteiger partial charge is 0.0126 e. The van der Waals surface area contributed by atoms with Crippen molar-refractivity contribution in [1.82, 2.24) is 9.80 Å². The van der Waals surface area contributed by atoms with Crippen LogP contribution in [0.2, 0.25) is 0 Å². The molecule has 0 bridgehead atoms. The van der Waals surface area contributed by atoms with Gasteiger partial charge in [0.05, 0.1) is 0 Å². The Morgan fingerprint density at radius 3 is 2.18 bits per heavy atom. The van der Waals surface area contributed by atoms with Gasteiger partial charge in [-0.2, -0.15) is 0 Å². The summed E-state index contributed by atoms with van der Waals surface area (Å²) in [7, 11) is 0. The molecule has 0 spiro atoms. The number of nitrogens with zero attached hydrogens (tertiary/aromatic N) is 2. The maximum Gasteiger partial charge on any atom is 0.0126 e. The average Bonchev–Trinajstić information content (AvgIpc) is 2.63. The molecule has 2 unspecified atom stereocenters. The van der Waals surface area contributed by atoms with E-state index in [1.54, 1.807) is 0 Å². The van der Waals surface area contributed by atoms with Crippen molar-refractivity contribution in [3.05, 3.63) is 0 Å². The summed E-state index contributed by atoms with van der Waals surface area (Å²) in [6, 6.07) is 0.482. The van der Waals surface area contributed by atoms with Gasteiger partial charge in [-0.05, 0) is 46.0 Å². The van der Waals surface area contributed by atoms with E-state index in [9.17, 15) is 0 Å². The van der Waals surface area contributed by atoms with Crippen LogP contribution in [0.25, 0.3) is 0 Å². The minimum atomic E-state index is 0.335. The highest BCUT2D eigenvalue weighted by Gasteiger charge is 2.28. The molecular formula is C14H29N3. The van der Waals surface area contributed by atoms with Crippen LogP contribution in [0.3, 0.4) is 0 Å². The van der Waals surface area contributed by atoms with Crippen LogP contribution in [0.5, 0.6) is 0 Å². The topological polar surface area (TPSA) is 32.5 Å². The Kier molecular flexibility index (Phi) is 4.11. The van der Waals surface area contributed by atoms with Crippen LogP contribution in [0.15, 0.2) is 0 Å². The molecule has 3 heteroatoms. The largest absolute Gasteiger partial charge is 0.328 e. The molecule has 1 saturated heterocycles. The van der Waals surface area contributed by atoms with Crippen molar-refractivity contribution in [2.75, 3.05) is 32.7 Å². The third-order valence-corrected chi connectivity index (χ3v) is 4.42. The summed E-state index contributed by atoms with van der Waals surface area (Å²) in [5.74, 6) is 0.867. The Hall–Kier alpha value is -0.120. The molecule has 0 aromatic heterocycles. The van der Waals surface area contributed by atoms with E-state index >= 15 is 0 Å². The SMILES string of the molecule is CC(C)(C)N1CCN(CC2CCC(N)C2)CC1. The Labute approximate surface area is 106 Å². The third-order valence-electron chi connectivity index (χ3n) is 4.42. The number of rotatable bonds is 2. The van der Waals surface area contributed by atoms with E-state index < -0.39 is 0 Å². The fourth-order valence-corrected chi connectivity index (χ4v) is 3.25. The maximum atomic E-state index is 5.98. The van der Waals surface area contributed by atoms with Gasteiger partial charge in [0.25, 0.3) is 0 Å². The molecule has 0 radical (unpaired) electrons. The monoisotopic (exact) mass is 239 g/mol.